The third-order valence-electron chi connectivity index (χ3n) is 9.34. The van der Waals surface area contributed by atoms with Crippen molar-refractivity contribution in [2.75, 3.05) is 50.8 Å². The number of piperazine rings is 1. The normalized spacial score (nSPS) is 21.1. The summed E-state index contributed by atoms with van der Waals surface area (Å²) in [4.78, 5) is 18.1. The molecular weight excluding hydrogens is 568 g/mol. The van der Waals surface area contributed by atoms with Gasteiger partial charge in [0.2, 0.25) is 5.88 Å². The average Bonchev–Trinajstić information content (AvgIpc) is 3.54. The van der Waals surface area contributed by atoms with Crippen molar-refractivity contribution < 1.29 is 32.1 Å². The summed E-state index contributed by atoms with van der Waals surface area (Å²) >= 11 is 0. The third-order valence-corrected chi connectivity index (χ3v) is 9.34. The Labute approximate surface area is 243 Å². The fourth-order valence-electron chi connectivity index (χ4n) is 7.29. The van der Waals surface area contributed by atoms with Crippen LogP contribution in [0.4, 0.5) is 23.4 Å². The van der Waals surface area contributed by atoms with Gasteiger partial charge >= 0.3 is 6.01 Å². The van der Waals surface area contributed by atoms with E-state index in [1.54, 1.807) is 0 Å². The zero-order valence-electron chi connectivity index (χ0n) is 23.1. The Bertz CT molecular complexity index is 1800. The van der Waals surface area contributed by atoms with Crippen LogP contribution in [0.25, 0.3) is 32.9 Å². The summed E-state index contributed by atoms with van der Waals surface area (Å²) in [5, 5.41) is 13.4. The number of anilines is 1. The number of aromatic nitrogens is 3. The highest BCUT2D eigenvalue weighted by atomic mass is 19.2. The molecule has 1 atom stereocenters. The second-order valence-corrected chi connectivity index (χ2v) is 11.8. The van der Waals surface area contributed by atoms with E-state index in [4.69, 9.17) is 14.5 Å². The van der Waals surface area contributed by atoms with Gasteiger partial charge in [-0.25, -0.2) is 22.5 Å². The number of fused-ring (bicyclic) bond motifs is 4. The van der Waals surface area contributed by atoms with Gasteiger partial charge in [0, 0.05) is 30.6 Å². The van der Waals surface area contributed by atoms with Gasteiger partial charge in [-0.15, -0.1) is 0 Å². The molecule has 2 aromatic carbocycles. The number of phenolic OH excluding ortho intramolecular Hbond substituents is 1. The van der Waals surface area contributed by atoms with Crippen LogP contribution in [-0.2, 0) is 0 Å². The highest BCUT2D eigenvalue weighted by Gasteiger charge is 2.45. The maximum Gasteiger partial charge on any atom is 0.319 e. The van der Waals surface area contributed by atoms with Gasteiger partial charge in [0.05, 0.1) is 11.6 Å². The highest BCUT2D eigenvalue weighted by molar-refractivity contribution is 6.02. The molecule has 224 valence electrons. The number of rotatable bonds is 4. The van der Waals surface area contributed by atoms with Crippen molar-refractivity contribution in [3.63, 3.8) is 0 Å². The van der Waals surface area contributed by atoms with E-state index in [2.05, 4.69) is 20.2 Å². The SMILES string of the molecule is Oc1cc(-c2nc3c4c(nc(OCC56CCCN5CCC6)nc4c2F)N2CCNC[C@H]2CO3)c2c(F)c(F)c(F)cc2c1. The first-order valence-corrected chi connectivity index (χ1v) is 14.5. The minimum atomic E-state index is -1.72. The molecule has 9 nitrogen and oxygen atoms in total. The van der Waals surface area contributed by atoms with Gasteiger partial charge in [0.15, 0.2) is 23.3 Å². The maximum atomic E-state index is 16.7. The number of aromatic hydroxyl groups is 1. The van der Waals surface area contributed by atoms with Gasteiger partial charge in [-0.1, -0.05) is 0 Å². The number of benzene rings is 2. The molecule has 0 bridgehead atoms. The average molecular weight is 597 g/mol. The number of ether oxygens (including phenoxy) is 2. The summed E-state index contributed by atoms with van der Waals surface area (Å²) in [6.07, 6.45) is 4.17. The van der Waals surface area contributed by atoms with Gasteiger partial charge in [0.25, 0.3) is 0 Å². The first-order valence-electron chi connectivity index (χ1n) is 14.5. The van der Waals surface area contributed by atoms with E-state index < -0.39 is 40.1 Å². The number of hydrogen-bond acceptors (Lipinski definition) is 9. The number of pyridine rings is 1. The molecule has 0 spiro atoms. The van der Waals surface area contributed by atoms with Crippen molar-refractivity contribution in [3.8, 4) is 28.9 Å². The highest BCUT2D eigenvalue weighted by Crippen LogP contribution is 2.44. The number of halogens is 4. The monoisotopic (exact) mass is 596 g/mol. The van der Waals surface area contributed by atoms with Crippen molar-refractivity contribution in [1.29, 1.82) is 0 Å². The lowest BCUT2D eigenvalue weighted by molar-refractivity contribution is 0.108. The summed E-state index contributed by atoms with van der Waals surface area (Å²) < 4.78 is 72.7. The van der Waals surface area contributed by atoms with E-state index in [0.717, 1.165) is 57.0 Å². The zero-order valence-corrected chi connectivity index (χ0v) is 23.1. The summed E-state index contributed by atoms with van der Waals surface area (Å²) in [7, 11) is 0. The van der Waals surface area contributed by atoms with Crippen molar-refractivity contribution in [2.24, 2.45) is 0 Å². The van der Waals surface area contributed by atoms with Gasteiger partial charge in [0.1, 0.15) is 41.4 Å². The van der Waals surface area contributed by atoms with E-state index in [1.165, 1.54) is 0 Å². The molecule has 43 heavy (non-hydrogen) atoms. The van der Waals surface area contributed by atoms with Crippen LogP contribution in [0.3, 0.4) is 0 Å². The third kappa shape index (κ3) is 4.08. The molecule has 3 fully saturated rings. The lowest BCUT2D eigenvalue weighted by Crippen LogP contribution is -2.53. The quantitative estimate of drug-likeness (QED) is 0.264. The molecule has 0 aliphatic carbocycles. The zero-order chi connectivity index (χ0) is 29.5. The molecule has 4 aliphatic heterocycles. The Balaban J connectivity index is 1.34. The number of phenols is 1. The second kappa shape index (κ2) is 9.78. The predicted octanol–water partition coefficient (Wildman–Crippen LogP) is 4.28. The van der Waals surface area contributed by atoms with E-state index in [0.29, 0.717) is 32.1 Å². The first kappa shape index (κ1) is 26.6. The van der Waals surface area contributed by atoms with Crippen LogP contribution in [0.2, 0.25) is 0 Å². The molecule has 3 saturated heterocycles. The topological polar surface area (TPSA) is 95.9 Å². The van der Waals surface area contributed by atoms with Crippen LogP contribution in [0.5, 0.6) is 17.6 Å². The van der Waals surface area contributed by atoms with Crippen LogP contribution in [0.1, 0.15) is 25.7 Å². The van der Waals surface area contributed by atoms with Crippen LogP contribution in [-0.4, -0.2) is 82.5 Å². The molecule has 0 radical (unpaired) electrons. The Morgan fingerprint density at radius 2 is 1.79 bits per heavy atom. The molecule has 2 N–H and O–H groups in total. The molecule has 4 aliphatic rings. The molecule has 0 unspecified atom stereocenters. The fraction of sp³-hybridized carbons (Fsp3) is 0.433. The summed E-state index contributed by atoms with van der Waals surface area (Å²) in [6, 6.07) is 2.73. The Hall–Kier alpha value is -3.97. The Kier molecular flexibility index (Phi) is 6.06. The first-order chi connectivity index (χ1) is 20.8. The summed E-state index contributed by atoms with van der Waals surface area (Å²) in [5.41, 5.74) is -0.968. The van der Waals surface area contributed by atoms with Gasteiger partial charge in [-0.3, -0.25) is 4.90 Å². The number of nitrogens with zero attached hydrogens (tertiary/aromatic N) is 5. The van der Waals surface area contributed by atoms with Gasteiger partial charge < -0.3 is 24.8 Å². The van der Waals surface area contributed by atoms with Crippen LogP contribution in [0, 0.1) is 23.3 Å². The standard InChI is InChI=1S/C30H28F4N6O3/c31-19-10-15-9-17(41)11-18(20(15)23(33)22(19)32)25-24(34)26-21-27(40-8-5-35-12-16(40)13-42-28(21)36-25)38-29(37-26)43-14-30-3-1-6-39(30)7-2-4-30/h9-11,16,35,41H,1-8,12-14H2/t16-/m0/s1. The minimum Gasteiger partial charge on any atom is -0.508 e. The van der Waals surface area contributed by atoms with Crippen LogP contribution >= 0.6 is 0 Å². The molecule has 8 rings (SSSR count). The molecular formula is C30H28F4N6O3. The number of nitrogens with one attached hydrogen (secondary N) is 1. The van der Waals surface area contributed by atoms with Crippen LogP contribution in [0.15, 0.2) is 18.2 Å². The molecule has 2 aromatic heterocycles. The summed E-state index contributed by atoms with van der Waals surface area (Å²) in [6.45, 7) is 4.43. The largest absolute Gasteiger partial charge is 0.508 e. The van der Waals surface area contributed by atoms with Crippen molar-refractivity contribution in [2.45, 2.75) is 37.3 Å². The fourth-order valence-corrected chi connectivity index (χ4v) is 7.29. The Morgan fingerprint density at radius 3 is 2.60 bits per heavy atom. The minimum absolute atomic E-state index is 0.00290. The molecule has 6 heterocycles. The lowest BCUT2D eigenvalue weighted by Gasteiger charge is -2.35. The molecule has 0 saturated carbocycles. The molecule has 0 amide bonds. The smallest absolute Gasteiger partial charge is 0.319 e. The van der Waals surface area contributed by atoms with Crippen LogP contribution < -0.4 is 19.7 Å². The predicted molar refractivity (Wildman–Crippen MR) is 150 cm³/mol. The Morgan fingerprint density at radius 1 is 0.977 bits per heavy atom. The van der Waals surface area contributed by atoms with Gasteiger partial charge in [-0.2, -0.15) is 9.97 Å². The second-order valence-electron chi connectivity index (χ2n) is 11.8. The van der Waals surface area contributed by atoms with E-state index in [1.807, 2.05) is 4.90 Å². The van der Waals surface area contributed by atoms with Gasteiger partial charge in [-0.05, 0) is 62.4 Å². The molecule has 4 aromatic rings. The summed E-state index contributed by atoms with van der Waals surface area (Å²) in [5.74, 6) is -5.61. The van der Waals surface area contributed by atoms with Crippen molar-refractivity contribution in [3.05, 3.63) is 41.5 Å². The number of hydrogen-bond donors (Lipinski definition) is 2. The van der Waals surface area contributed by atoms with E-state index in [-0.39, 0.29) is 51.9 Å². The van der Waals surface area contributed by atoms with E-state index >= 15 is 8.78 Å². The van der Waals surface area contributed by atoms with Crippen molar-refractivity contribution >= 4 is 27.5 Å². The molecule has 13 heteroatoms. The lowest BCUT2D eigenvalue weighted by atomic mass is 9.95. The van der Waals surface area contributed by atoms with Crippen molar-refractivity contribution in [1.82, 2.24) is 25.2 Å². The van der Waals surface area contributed by atoms with E-state index in [9.17, 15) is 13.9 Å². The maximum absolute atomic E-state index is 16.7.